The number of amides is 1. The molecule has 0 aromatic heterocycles. The monoisotopic (exact) mass is 310 g/mol. The van der Waals surface area contributed by atoms with Crippen LogP contribution in [0.25, 0.3) is 0 Å². The number of likely N-dealkylation sites (tertiary alicyclic amines) is 1. The number of hydrogen-bond acceptors (Lipinski definition) is 2. The van der Waals surface area contributed by atoms with E-state index in [1.165, 1.54) is 6.07 Å². The van der Waals surface area contributed by atoms with Crippen molar-refractivity contribution >= 4 is 5.91 Å². The van der Waals surface area contributed by atoms with Crippen molar-refractivity contribution in [2.45, 2.75) is 12.5 Å². The summed E-state index contributed by atoms with van der Waals surface area (Å²) >= 11 is 0. The van der Waals surface area contributed by atoms with Crippen molar-refractivity contribution in [2.24, 2.45) is 5.92 Å². The van der Waals surface area contributed by atoms with E-state index in [-0.39, 0.29) is 11.7 Å². The second-order valence-electron chi connectivity index (χ2n) is 6.49. The Kier molecular flexibility index (Phi) is 3.62. The Labute approximate surface area is 135 Å². The molecular formula is C19H19FN2O. The van der Waals surface area contributed by atoms with E-state index >= 15 is 0 Å². The van der Waals surface area contributed by atoms with Gasteiger partial charge in [-0.25, -0.2) is 4.39 Å². The maximum absolute atomic E-state index is 13.4. The van der Waals surface area contributed by atoms with Gasteiger partial charge in [0.05, 0.1) is 0 Å². The number of carbonyl (C=O) groups excluding carboxylic acids is 1. The number of fused-ring (bicyclic) bond motifs is 3. The van der Waals surface area contributed by atoms with Crippen LogP contribution in [0.1, 0.15) is 27.4 Å². The summed E-state index contributed by atoms with van der Waals surface area (Å²) < 4.78 is 13.4. The van der Waals surface area contributed by atoms with E-state index in [4.69, 9.17) is 0 Å². The molecule has 4 heteroatoms. The van der Waals surface area contributed by atoms with Crippen LogP contribution in [0, 0.1) is 11.7 Å². The molecule has 0 unspecified atom stereocenters. The van der Waals surface area contributed by atoms with Crippen molar-refractivity contribution in [3.63, 3.8) is 0 Å². The summed E-state index contributed by atoms with van der Waals surface area (Å²) in [5, 5.41) is 3.04. The Morgan fingerprint density at radius 1 is 1.13 bits per heavy atom. The SMILES string of the molecule is O=C1NC[C@H]2CN(Cc3cccc(F)c3)C[C@H]2c2ccccc21. The molecule has 3 nitrogen and oxygen atoms in total. The van der Waals surface area contributed by atoms with Crippen LogP contribution in [0.4, 0.5) is 4.39 Å². The van der Waals surface area contributed by atoms with Gasteiger partial charge in [0.25, 0.3) is 5.91 Å². The summed E-state index contributed by atoms with van der Waals surface area (Å²) in [6.45, 7) is 3.29. The fraction of sp³-hybridized carbons (Fsp3) is 0.316. The normalized spacial score (nSPS) is 23.8. The fourth-order valence-electron chi connectivity index (χ4n) is 3.89. The third-order valence-electron chi connectivity index (χ3n) is 4.94. The van der Waals surface area contributed by atoms with Crippen molar-refractivity contribution in [1.82, 2.24) is 10.2 Å². The minimum Gasteiger partial charge on any atom is -0.352 e. The van der Waals surface area contributed by atoms with Gasteiger partial charge in [-0.2, -0.15) is 0 Å². The van der Waals surface area contributed by atoms with E-state index in [0.717, 1.165) is 36.3 Å². The van der Waals surface area contributed by atoms with Crippen LogP contribution in [0.2, 0.25) is 0 Å². The third kappa shape index (κ3) is 2.75. The fourth-order valence-corrected chi connectivity index (χ4v) is 3.89. The standard InChI is InChI=1S/C19H19FN2O/c20-15-5-3-4-13(8-15)10-22-11-14-9-21-19(23)17-7-2-1-6-16(17)18(14)12-22/h1-8,14,18H,9-12H2,(H,21,23)/t14-,18+/m0/s1. The zero-order valence-electron chi connectivity index (χ0n) is 12.8. The second-order valence-corrected chi connectivity index (χ2v) is 6.49. The Morgan fingerprint density at radius 2 is 2.00 bits per heavy atom. The Hall–Kier alpha value is -2.20. The van der Waals surface area contributed by atoms with Gasteiger partial charge in [0.15, 0.2) is 0 Å². The predicted octanol–water partition coefficient (Wildman–Crippen LogP) is 2.78. The lowest BCUT2D eigenvalue weighted by Crippen LogP contribution is -2.29. The molecule has 118 valence electrons. The highest BCUT2D eigenvalue weighted by atomic mass is 19.1. The number of halogens is 1. The van der Waals surface area contributed by atoms with E-state index < -0.39 is 0 Å². The average Bonchev–Trinajstić information content (AvgIpc) is 2.90. The van der Waals surface area contributed by atoms with Gasteiger partial charge in [-0.05, 0) is 35.2 Å². The lowest BCUT2D eigenvalue weighted by molar-refractivity contribution is 0.0951. The van der Waals surface area contributed by atoms with Gasteiger partial charge in [0, 0.05) is 37.7 Å². The summed E-state index contributed by atoms with van der Waals surface area (Å²) in [5.41, 5.74) is 2.95. The number of benzene rings is 2. The molecule has 2 atom stereocenters. The zero-order valence-corrected chi connectivity index (χ0v) is 12.8. The molecule has 4 rings (SSSR count). The van der Waals surface area contributed by atoms with E-state index in [9.17, 15) is 9.18 Å². The van der Waals surface area contributed by atoms with Crippen LogP contribution in [-0.2, 0) is 6.54 Å². The summed E-state index contributed by atoms with van der Waals surface area (Å²) in [6.07, 6.45) is 0. The Morgan fingerprint density at radius 3 is 2.87 bits per heavy atom. The quantitative estimate of drug-likeness (QED) is 0.925. The van der Waals surface area contributed by atoms with E-state index in [0.29, 0.717) is 18.4 Å². The molecule has 23 heavy (non-hydrogen) atoms. The predicted molar refractivity (Wildman–Crippen MR) is 86.7 cm³/mol. The van der Waals surface area contributed by atoms with Crippen molar-refractivity contribution < 1.29 is 9.18 Å². The highest BCUT2D eigenvalue weighted by molar-refractivity contribution is 5.96. The molecule has 0 saturated carbocycles. The average molecular weight is 310 g/mol. The highest BCUT2D eigenvalue weighted by Gasteiger charge is 2.37. The van der Waals surface area contributed by atoms with Crippen molar-refractivity contribution in [1.29, 1.82) is 0 Å². The van der Waals surface area contributed by atoms with Gasteiger partial charge in [-0.15, -0.1) is 0 Å². The molecule has 1 N–H and O–H groups in total. The third-order valence-corrected chi connectivity index (χ3v) is 4.94. The smallest absolute Gasteiger partial charge is 0.251 e. The van der Waals surface area contributed by atoms with Gasteiger partial charge in [0.2, 0.25) is 0 Å². The molecule has 1 fully saturated rings. The second kappa shape index (κ2) is 5.78. The maximum Gasteiger partial charge on any atom is 0.251 e. The summed E-state index contributed by atoms with van der Waals surface area (Å²) in [7, 11) is 0. The molecule has 2 aliphatic heterocycles. The van der Waals surface area contributed by atoms with Gasteiger partial charge in [-0.3, -0.25) is 9.69 Å². The largest absolute Gasteiger partial charge is 0.352 e. The van der Waals surface area contributed by atoms with Gasteiger partial charge in [0.1, 0.15) is 5.82 Å². The maximum atomic E-state index is 13.4. The van der Waals surface area contributed by atoms with Crippen LogP contribution in [0.3, 0.4) is 0 Å². The lowest BCUT2D eigenvalue weighted by Gasteiger charge is -2.17. The number of nitrogens with one attached hydrogen (secondary N) is 1. The first-order valence-corrected chi connectivity index (χ1v) is 8.04. The first kappa shape index (κ1) is 14.4. The van der Waals surface area contributed by atoms with Crippen LogP contribution in [0.5, 0.6) is 0 Å². The molecule has 0 bridgehead atoms. The van der Waals surface area contributed by atoms with Crippen molar-refractivity contribution in [3.8, 4) is 0 Å². The molecular weight excluding hydrogens is 291 g/mol. The molecule has 2 aromatic rings. The van der Waals surface area contributed by atoms with Crippen LogP contribution in [0.15, 0.2) is 48.5 Å². The van der Waals surface area contributed by atoms with Gasteiger partial charge >= 0.3 is 0 Å². The number of hydrogen-bond donors (Lipinski definition) is 1. The molecule has 0 radical (unpaired) electrons. The summed E-state index contributed by atoms with van der Waals surface area (Å²) in [6, 6.07) is 14.7. The Bertz CT molecular complexity index is 746. The zero-order chi connectivity index (χ0) is 15.8. The van der Waals surface area contributed by atoms with Crippen molar-refractivity contribution in [3.05, 3.63) is 71.0 Å². The molecule has 1 saturated heterocycles. The van der Waals surface area contributed by atoms with E-state index in [1.807, 2.05) is 24.3 Å². The van der Waals surface area contributed by atoms with Gasteiger partial charge < -0.3 is 5.32 Å². The summed E-state index contributed by atoms with van der Waals surface area (Å²) in [4.78, 5) is 14.5. The molecule has 1 amide bonds. The van der Waals surface area contributed by atoms with Crippen LogP contribution in [-0.4, -0.2) is 30.4 Å². The first-order chi connectivity index (χ1) is 11.2. The first-order valence-electron chi connectivity index (χ1n) is 8.04. The molecule has 0 spiro atoms. The number of carbonyl (C=O) groups is 1. The van der Waals surface area contributed by atoms with Crippen molar-refractivity contribution in [2.75, 3.05) is 19.6 Å². The summed E-state index contributed by atoms with van der Waals surface area (Å²) in [5.74, 6) is 0.620. The number of rotatable bonds is 2. The van der Waals surface area contributed by atoms with Crippen LogP contribution < -0.4 is 5.32 Å². The topological polar surface area (TPSA) is 32.3 Å². The van der Waals surface area contributed by atoms with E-state index in [2.05, 4.69) is 16.3 Å². The Balaban J connectivity index is 1.57. The molecule has 2 aromatic carbocycles. The van der Waals surface area contributed by atoms with Crippen LogP contribution >= 0.6 is 0 Å². The molecule has 2 heterocycles. The van der Waals surface area contributed by atoms with Gasteiger partial charge in [-0.1, -0.05) is 30.3 Å². The number of nitrogens with zero attached hydrogens (tertiary/aromatic N) is 1. The minimum absolute atomic E-state index is 0.0340. The highest BCUT2D eigenvalue weighted by Crippen LogP contribution is 2.36. The lowest BCUT2D eigenvalue weighted by atomic mass is 9.87. The van der Waals surface area contributed by atoms with E-state index in [1.54, 1.807) is 12.1 Å². The minimum atomic E-state index is -0.187. The molecule has 2 aliphatic rings. The molecule has 0 aliphatic carbocycles.